The summed E-state index contributed by atoms with van der Waals surface area (Å²) in [5, 5.41) is 0. The summed E-state index contributed by atoms with van der Waals surface area (Å²) >= 11 is 0. The molecule has 0 N–H and O–H groups in total. The Bertz CT molecular complexity index is 867. The highest BCUT2D eigenvalue weighted by Gasteiger charge is 2.08. The number of hydrogen-bond acceptors (Lipinski definition) is 1. The molecule has 0 aliphatic carbocycles. The topological polar surface area (TPSA) is 9.23 Å². The lowest BCUT2D eigenvalue weighted by atomic mass is 10.00. The van der Waals surface area contributed by atoms with Crippen molar-refractivity contribution in [1.29, 1.82) is 0 Å². The van der Waals surface area contributed by atoms with E-state index in [-0.39, 0.29) is 0 Å². The summed E-state index contributed by atoms with van der Waals surface area (Å²) in [4.78, 5) is 0. The predicted molar refractivity (Wildman–Crippen MR) is 121 cm³/mol. The molecular weight excluding hydrogens is 344 g/mol. The summed E-state index contributed by atoms with van der Waals surface area (Å²) < 4.78 is 5.28. The van der Waals surface area contributed by atoms with Crippen molar-refractivity contribution in [2.45, 2.75) is 45.8 Å². The lowest BCUT2D eigenvalue weighted by molar-refractivity contribution is 0.415. The average Bonchev–Trinajstić information content (AvgIpc) is 2.67. The minimum Gasteiger partial charge on any atom is -0.497 e. The molecule has 0 saturated carbocycles. The Balaban J connectivity index is 2.43. The van der Waals surface area contributed by atoms with Gasteiger partial charge < -0.3 is 4.74 Å². The number of benzene rings is 2. The fourth-order valence-corrected chi connectivity index (χ4v) is 3.11. The van der Waals surface area contributed by atoms with E-state index in [9.17, 15) is 0 Å². The molecule has 0 spiro atoms. The highest BCUT2D eigenvalue weighted by atomic mass is 28.3. The number of ether oxygens (including phenoxy) is 1. The second kappa shape index (κ2) is 10.0. The van der Waals surface area contributed by atoms with Crippen LogP contribution in [0.4, 0.5) is 0 Å². The highest BCUT2D eigenvalue weighted by molar-refractivity contribution is 6.83. The molecule has 0 saturated heterocycles. The van der Waals surface area contributed by atoms with Gasteiger partial charge in [0.2, 0.25) is 0 Å². The molecule has 0 bridgehead atoms. The first-order valence-corrected chi connectivity index (χ1v) is 13.1. The number of methoxy groups -OCH3 is 1. The molecule has 0 aliphatic rings. The van der Waals surface area contributed by atoms with Crippen LogP contribution in [0.5, 0.6) is 5.75 Å². The lowest BCUT2D eigenvalue weighted by Gasteiger charge is -2.06. The third-order valence-corrected chi connectivity index (χ3v) is 5.03. The van der Waals surface area contributed by atoms with Crippen LogP contribution in [0.3, 0.4) is 0 Å². The van der Waals surface area contributed by atoms with E-state index in [4.69, 9.17) is 4.74 Å². The van der Waals surface area contributed by atoms with Gasteiger partial charge in [0, 0.05) is 11.1 Å². The van der Waals surface area contributed by atoms with E-state index in [0.717, 1.165) is 29.7 Å². The molecule has 140 valence electrons. The van der Waals surface area contributed by atoms with Crippen LogP contribution in [0.25, 0.3) is 11.6 Å². The SMILES string of the molecule is CCCCC(=C=Cc1ccccc1C#C[Si](C)(C)C)c1ccc(OC)cc1. The van der Waals surface area contributed by atoms with Crippen molar-refractivity contribution in [3.8, 4) is 17.2 Å². The van der Waals surface area contributed by atoms with Crippen LogP contribution in [0, 0.1) is 11.5 Å². The van der Waals surface area contributed by atoms with Gasteiger partial charge in [0.05, 0.1) is 7.11 Å². The van der Waals surface area contributed by atoms with Crippen molar-refractivity contribution in [1.82, 2.24) is 0 Å². The fourth-order valence-electron chi connectivity index (χ4n) is 2.60. The molecule has 0 aromatic heterocycles. The highest BCUT2D eigenvalue weighted by Crippen LogP contribution is 2.23. The van der Waals surface area contributed by atoms with Crippen LogP contribution in [-0.2, 0) is 0 Å². The smallest absolute Gasteiger partial charge is 0.129 e. The quantitative estimate of drug-likeness (QED) is 0.306. The van der Waals surface area contributed by atoms with Crippen LogP contribution in [0.1, 0.15) is 42.9 Å². The van der Waals surface area contributed by atoms with Crippen LogP contribution in [-0.4, -0.2) is 15.2 Å². The van der Waals surface area contributed by atoms with Gasteiger partial charge in [-0.3, -0.25) is 0 Å². The minimum absolute atomic E-state index is 0.879. The number of rotatable bonds is 6. The standard InChI is InChI=1S/C25H30OSi/c1-6-7-10-21(24-15-17-25(26-2)18-16-24)13-14-22-11-8-9-12-23(22)19-20-27(3,4)5/h8-9,11-12,14-18H,6-7,10H2,1-5H3. The summed E-state index contributed by atoms with van der Waals surface area (Å²) in [5.41, 5.74) is 11.7. The fraction of sp³-hybridized carbons (Fsp3) is 0.320. The van der Waals surface area contributed by atoms with Gasteiger partial charge in [-0.2, -0.15) is 0 Å². The van der Waals surface area contributed by atoms with Gasteiger partial charge in [-0.25, -0.2) is 0 Å². The van der Waals surface area contributed by atoms with E-state index in [1.165, 1.54) is 17.6 Å². The molecule has 2 heteroatoms. The largest absolute Gasteiger partial charge is 0.497 e. The second-order valence-corrected chi connectivity index (χ2v) is 12.4. The molecule has 1 nitrogen and oxygen atoms in total. The lowest BCUT2D eigenvalue weighted by Crippen LogP contribution is -2.16. The first kappa shape index (κ1) is 20.8. The van der Waals surface area contributed by atoms with Crippen molar-refractivity contribution in [2.75, 3.05) is 7.11 Å². The Morgan fingerprint density at radius 3 is 2.37 bits per heavy atom. The van der Waals surface area contributed by atoms with Gasteiger partial charge >= 0.3 is 0 Å². The van der Waals surface area contributed by atoms with Gasteiger partial charge in [-0.1, -0.05) is 69.2 Å². The van der Waals surface area contributed by atoms with Crippen LogP contribution < -0.4 is 4.74 Å². The Morgan fingerprint density at radius 1 is 1.04 bits per heavy atom. The summed E-state index contributed by atoms with van der Waals surface area (Å²) in [5.74, 6) is 4.27. The van der Waals surface area contributed by atoms with Gasteiger partial charge in [0.25, 0.3) is 0 Å². The zero-order chi connectivity index (χ0) is 19.7. The van der Waals surface area contributed by atoms with Crippen molar-refractivity contribution in [3.05, 3.63) is 71.0 Å². The molecule has 27 heavy (non-hydrogen) atoms. The molecule has 0 unspecified atom stereocenters. The van der Waals surface area contributed by atoms with Crippen molar-refractivity contribution in [2.24, 2.45) is 0 Å². The summed E-state index contributed by atoms with van der Waals surface area (Å²) in [6, 6.07) is 16.6. The maximum Gasteiger partial charge on any atom is 0.129 e. The predicted octanol–water partition coefficient (Wildman–Crippen LogP) is 6.81. The molecular formula is C25H30OSi. The van der Waals surface area contributed by atoms with Crippen molar-refractivity contribution >= 4 is 19.7 Å². The van der Waals surface area contributed by atoms with E-state index in [2.05, 4.69) is 86.2 Å². The molecule has 0 amide bonds. The van der Waals surface area contributed by atoms with E-state index in [1.807, 2.05) is 12.1 Å². The number of unbranched alkanes of at least 4 members (excludes halogenated alkanes) is 1. The molecule has 2 aromatic rings. The van der Waals surface area contributed by atoms with Gasteiger partial charge in [-0.15, -0.1) is 11.3 Å². The molecule has 2 aromatic carbocycles. The van der Waals surface area contributed by atoms with Gasteiger partial charge in [0.1, 0.15) is 13.8 Å². The maximum absolute atomic E-state index is 5.28. The summed E-state index contributed by atoms with van der Waals surface area (Å²) in [6.45, 7) is 9.03. The Morgan fingerprint density at radius 2 is 1.74 bits per heavy atom. The van der Waals surface area contributed by atoms with Gasteiger partial charge in [0.15, 0.2) is 0 Å². The first-order valence-electron chi connectivity index (χ1n) is 9.65. The van der Waals surface area contributed by atoms with E-state index in [1.54, 1.807) is 7.11 Å². The normalized spacial score (nSPS) is 10.4. The van der Waals surface area contributed by atoms with Gasteiger partial charge in [-0.05, 0) is 48.2 Å². The minimum atomic E-state index is -1.40. The zero-order valence-electron chi connectivity index (χ0n) is 17.2. The maximum atomic E-state index is 5.28. The molecule has 0 aliphatic heterocycles. The van der Waals surface area contributed by atoms with Crippen molar-refractivity contribution < 1.29 is 4.74 Å². The molecule has 0 fully saturated rings. The zero-order valence-corrected chi connectivity index (χ0v) is 18.2. The van der Waals surface area contributed by atoms with Crippen LogP contribution >= 0.6 is 0 Å². The average molecular weight is 375 g/mol. The third kappa shape index (κ3) is 6.98. The number of allylic oxidation sites excluding steroid dienone is 1. The Hall–Kier alpha value is -2.46. The molecule has 0 atom stereocenters. The van der Waals surface area contributed by atoms with Crippen LogP contribution in [0.2, 0.25) is 19.6 Å². The van der Waals surface area contributed by atoms with E-state index < -0.39 is 8.07 Å². The molecule has 2 rings (SSSR count). The first-order chi connectivity index (χ1) is 12.9. The Labute approximate surface area is 165 Å². The number of hydrogen-bond donors (Lipinski definition) is 0. The Kier molecular flexibility index (Phi) is 7.74. The van der Waals surface area contributed by atoms with E-state index in [0.29, 0.717) is 0 Å². The second-order valence-electron chi connectivity index (χ2n) is 7.69. The molecule has 0 radical (unpaired) electrons. The molecule has 0 heterocycles. The van der Waals surface area contributed by atoms with E-state index >= 15 is 0 Å². The summed E-state index contributed by atoms with van der Waals surface area (Å²) in [6.07, 6.45) is 5.42. The van der Waals surface area contributed by atoms with Crippen LogP contribution in [0.15, 0.2) is 54.3 Å². The van der Waals surface area contributed by atoms with Crippen molar-refractivity contribution in [3.63, 3.8) is 0 Å². The summed E-state index contributed by atoms with van der Waals surface area (Å²) in [7, 11) is 0.296. The monoisotopic (exact) mass is 374 g/mol. The third-order valence-electron chi connectivity index (χ3n) is 4.15.